The maximum absolute atomic E-state index is 12.0. The summed E-state index contributed by atoms with van der Waals surface area (Å²) in [4.78, 5) is 26.3. The number of carbonyl (C=O) groups is 1. The molecule has 6 nitrogen and oxygen atoms in total. The molecule has 0 unspecified atom stereocenters. The van der Waals surface area contributed by atoms with E-state index in [1.54, 1.807) is 0 Å². The summed E-state index contributed by atoms with van der Waals surface area (Å²) in [6.07, 6.45) is 17.7. The van der Waals surface area contributed by atoms with Crippen molar-refractivity contribution >= 4 is 17.8 Å². The number of cyclic esters (lactones) is 1. The van der Waals surface area contributed by atoms with Gasteiger partial charge in [0.2, 0.25) is 17.6 Å². The molecule has 1 rings (SSSR count). The molecule has 0 saturated carbocycles. The van der Waals surface area contributed by atoms with E-state index in [9.17, 15) is 14.7 Å². The highest BCUT2D eigenvalue weighted by Crippen LogP contribution is 2.29. The van der Waals surface area contributed by atoms with Crippen LogP contribution in [-0.4, -0.2) is 22.9 Å². The van der Waals surface area contributed by atoms with Gasteiger partial charge in [0.15, 0.2) is 0 Å². The maximum Gasteiger partial charge on any atom is 0.539 e. The van der Waals surface area contributed by atoms with E-state index in [2.05, 4.69) is 32.3 Å². The van der Waals surface area contributed by atoms with Gasteiger partial charge in [0.1, 0.15) is 5.76 Å². The highest BCUT2D eigenvalue weighted by atomic mass is 16.6. The minimum atomic E-state index is -0.465. The lowest BCUT2D eigenvalue weighted by molar-refractivity contribution is -0.439. The van der Waals surface area contributed by atoms with Crippen LogP contribution >= 0.6 is 0 Å². The van der Waals surface area contributed by atoms with Gasteiger partial charge in [0.05, 0.1) is 25.3 Å². The van der Waals surface area contributed by atoms with Crippen LogP contribution in [0.15, 0.2) is 40.1 Å². The molecule has 1 heterocycles. The van der Waals surface area contributed by atoms with Crippen LogP contribution in [0.25, 0.3) is 0 Å². The molecule has 0 atom stereocenters. The topological polar surface area (TPSA) is 87.3 Å². The van der Waals surface area contributed by atoms with Crippen molar-refractivity contribution in [1.29, 1.82) is 0 Å². The van der Waals surface area contributed by atoms with Crippen molar-refractivity contribution < 1.29 is 23.9 Å². The van der Waals surface area contributed by atoms with Gasteiger partial charge >= 0.3 is 11.9 Å². The summed E-state index contributed by atoms with van der Waals surface area (Å²) in [7, 11) is 0. The highest BCUT2D eigenvalue weighted by Gasteiger charge is 2.32. The van der Waals surface area contributed by atoms with Crippen molar-refractivity contribution in [2.45, 2.75) is 116 Å². The Bertz CT molecular complexity index is 815. The number of isocyanates is 1. The lowest BCUT2D eigenvalue weighted by Gasteiger charge is -2.21. The summed E-state index contributed by atoms with van der Waals surface area (Å²) in [5, 5.41) is 10.5. The Morgan fingerprint density at radius 1 is 1.06 bits per heavy atom. The third-order valence-corrected chi connectivity index (χ3v) is 5.98. The Morgan fingerprint density at radius 3 is 2.26 bits per heavy atom. The Labute approximate surface area is 211 Å². The monoisotopic (exact) mass is 486 g/mol. The second-order valence-electron chi connectivity index (χ2n) is 9.23. The smallest absolute Gasteiger partial charge is 0.426 e. The molecule has 1 aliphatic rings. The molecule has 0 bridgehead atoms. The Hall–Kier alpha value is -2.59. The molecule has 1 aliphatic heterocycles. The number of aliphatic imine (C=N–C) groups is 1. The normalized spacial score (nSPS) is 14.2. The first kappa shape index (κ1) is 30.4. The number of allylic oxidation sites excluding steroid dienone is 2. The van der Waals surface area contributed by atoms with Crippen LogP contribution in [0.4, 0.5) is 0 Å². The molecule has 0 aromatic carbocycles. The first-order chi connectivity index (χ1) is 16.9. The van der Waals surface area contributed by atoms with Crippen LogP contribution in [0.5, 0.6) is 0 Å². The van der Waals surface area contributed by atoms with E-state index in [0.717, 1.165) is 44.9 Å². The van der Waals surface area contributed by atoms with E-state index in [1.165, 1.54) is 44.6 Å². The number of aliphatic hydroxyl groups is 1. The van der Waals surface area contributed by atoms with E-state index >= 15 is 0 Å². The summed E-state index contributed by atoms with van der Waals surface area (Å²) >= 11 is 0. The van der Waals surface area contributed by atoms with Gasteiger partial charge in [-0.05, 0) is 39.0 Å². The van der Waals surface area contributed by atoms with Crippen molar-refractivity contribution in [1.82, 2.24) is 0 Å². The molecule has 0 fully saturated rings. The predicted octanol–water partition coefficient (Wildman–Crippen LogP) is 7.84. The highest BCUT2D eigenvalue weighted by molar-refractivity contribution is 5.97. The second kappa shape index (κ2) is 18.7. The number of hydrogen-bond donors (Lipinski definition) is 1. The van der Waals surface area contributed by atoms with Crippen LogP contribution in [0, 0.1) is 13.8 Å². The molecule has 0 aromatic rings. The van der Waals surface area contributed by atoms with Crippen molar-refractivity contribution in [3.05, 3.63) is 49.0 Å². The standard InChI is InChI=1S/C29H43NO5/c1-5-7-9-11-12-13-14-15-16-18-24(34-29(33)26(30-22-31)20-23(3)4)21-27-25(28(32)35-27)19-17-10-8-6-2/h2-21H2,1H3/q+1/p+1. The fourth-order valence-electron chi connectivity index (χ4n) is 3.98. The van der Waals surface area contributed by atoms with Gasteiger partial charge in [-0.1, -0.05) is 70.4 Å². The Balaban J connectivity index is 2.84. The third kappa shape index (κ3) is 13.2. The molecule has 6 heteroatoms. The summed E-state index contributed by atoms with van der Waals surface area (Å²) in [5.74, 6) is 0.436. The van der Waals surface area contributed by atoms with Crippen LogP contribution in [-0.2, 0) is 18.8 Å². The lowest BCUT2D eigenvalue weighted by Crippen LogP contribution is -2.24. The number of ether oxygens (including phenoxy) is 1. The molecular formula is C29H44NO5+2. The van der Waals surface area contributed by atoms with Crippen molar-refractivity contribution in [2.24, 2.45) is 4.99 Å². The number of hydrogen-bond acceptors (Lipinski definition) is 5. The van der Waals surface area contributed by atoms with Gasteiger partial charge in [0.25, 0.3) is 0 Å². The van der Waals surface area contributed by atoms with Crippen molar-refractivity contribution in [2.75, 3.05) is 0 Å². The molecular weight excluding hydrogens is 442 g/mol. The number of nitrogens with zero attached hydrogens (tertiary/aromatic N) is 1. The number of rotatable bonds is 21. The second-order valence-corrected chi connectivity index (χ2v) is 9.23. The third-order valence-electron chi connectivity index (χ3n) is 5.98. The van der Waals surface area contributed by atoms with Crippen LogP contribution in [0.1, 0.15) is 116 Å². The first-order valence-electron chi connectivity index (χ1n) is 13.2. The largest absolute Gasteiger partial charge is 0.539 e. The Kier molecular flexibility index (Phi) is 16.3. The fraction of sp³-hybridized carbons (Fsp3) is 0.621. The zero-order chi connectivity index (χ0) is 25.9. The minimum absolute atomic E-state index is 0.0255. The SMILES string of the molecule is [CH2]C(=C)CC(N=C=O)=C(O)[O+]=C(CCCCCCCCCCC)CC1=C(CCCCC[CH2+])C(=O)O1. The molecule has 0 aliphatic carbocycles. The minimum Gasteiger partial charge on any atom is -0.426 e. The zero-order valence-electron chi connectivity index (χ0n) is 21.7. The molecule has 0 aromatic heterocycles. The zero-order valence-corrected chi connectivity index (χ0v) is 21.7. The number of esters is 1. The summed E-state index contributed by atoms with van der Waals surface area (Å²) in [6.45, 7) is 13.5. The fourth-order valence-corrected chi connectivity index (χ4v) is 3.98. The van der Waals surface area contributed by atoms with E-state index < -0.39 is 5.95 Å². The van der Waals surface area contributed by atoms with Gasteiger partial charge in [-0.15, -0.1) is 0 Å². The summed E-state index contributed by atoms with van der Waals surface area (Å²) in [5.41, 5.74) is 1.20. The van der Waals surface area contributed by atoms with E-state index in [1.807, 2.05) is 0 Å². The van der Waals surface area contributed by atoms with Gasteiger partial charge < -0.3 is 9.84 Å². The van der Waals surface area contributed by atoms with Crippen LogP contribution < -0.4 is 0 Å². The number of aliphatic hydroxyl groups excluding tert-OH is 1. The first-order valence-corrected chi connectivity index (χ1v) is 13.2. The molecule has 35 heavy (non-hydrogen) atoms. The van der Waals surface area contributed by atoms with Gasteiger partial charge in [0, 0.05) is 12.8 Å². The average Bonchev–Trinajstić information content (AvgIpc) is 2.81. The molecule has 0 saturated heterocycles. The van der Waals surface area contributed by atoms with E-state index in [-0.39, 0.29) is 18.1 Å². The number of unbranched alkanes of at least 4 members (excludes halogenated alkanes) is 11. The van der Waals surface area contributed by atoms with Gasteiger partial charge in [-0.3, -0.25) is 4.42 Å². The Morgan fingerprint density at radius 2 is 1.69 bits per heavy atom. The maximum atomic E-state index is 12.0. The summed E-state index contributed by atoms with van der Waals surface area (Å²) < 4.78 is 11.1. The molecule has 1 N–H and O–H groups in total. The summed E-state index contributed by atoms with van der Waals surface area (Å²) in [6, 6.07) is 0. The van der Waals surface area contributed by atoms with Gasteiger partial charge in [-0.2, -0.15) is 4.99 Å². The molecule has 193 valence electrons. The molecule has 0 amide bonds. The molecule has 1 radical (unpaired) electrons. The average molecular weight is 487 g/mol. The molecule has 0 spiro atoms. The van der Waals surface area contributed by atoms with E-state index in [4.69, 9.17) is 9.16 Å². The van der Waals surface area contributed by atoms with Crippen molar-refractivity contribution in [3.63, 3.8) is 0 Å². The number of ketones is 1. The quantitative estimate of drug-likeness (QED) is 0.0340. The number of carbonyl (C=O) groups excluding carboxylic acids is 3. The van der Waals surface area contributed by atoms with Crippen LogP contribution in [0.3, 0.4) is 0 Å². The van der Waals surface area contributed by atoms with E-state index in [0.29, 0.717) is 42.0 Å². The predicted molar refractivity (Wildman–Crippen MR) is 140 cm³/mol. The van der Waals surface area contributed by atoms with Crippen LogP contribution in [0.2, 0.25) is 0 Å². The van der Waals surface area contributed by atoms with Gasteiger partial charge in [-0.25, -0.2) is 9.59 Å². The van der Waals surface area contributed by atoms with Crippen molar-refractivity contribution in [3.8, 4) is 0 Å². The lowest BCUT2D eigenvalue weighted by atomic mass is 9.98.